The zero-order valence-electron chi connectivity index (χ0n) is 14.6. The van der Waals surface area contributed by atoms with E-state index in [1.54, 1.807) is 11.8 Å². The summed E-state index contributed by atoms with van der Waals surface area (Å²) < 4.78 is 5.47. The van der Waals surface area contributed by atoms with Gasteiger partial charge in [0.2, 0.25) is 0 Å². The van der Waals surface area contributed by atoms with E-state index in [9.17, 15) is 0 Å². The minimum atomic E-state index is 0.735. The molecular formula is C19H21N5OS. The Morgan fingerprint density at radius 3 is 2.58 bits per heavy atom. The van der Waals surface area contributed by atoms with Crippen LogP contribution in [-0.4, -0.2) is 41.5 Å². The molecule has 1 aliphatic heterocycles. The van der Waals surface area contributed by atoms with Crippen LogP contribution in [0.4, 0.5) is 17.5 Å². The van der Waals surface area contributed by atoms with Crippen molar-refractivity contribution in [3.63, 3.8) is 0 Å². The lowest BCUT2D eigenvalue weighted by Gasteiger charge is -2.28. The molecule has 2 N–H and O–H groups in total. The smallest absolute Gasteiger partial charge is 0.153 e. The fourth-order valence-corrected chi connectivity index (χ4v) is 3.71. The van der Waals surface area contributed by atoms with Crippen molar-refractivity contribution in [2.24, 2.45) is 0 Å². The van der Waals surface area contributed by atoms with Gasteiger partial charge in [0.15, 0.2) is 5.82 Å². The number of anilines is 3. The predicted octanol–water partition coefficient (Wildman–Crippen LogP) is 3.84. The van der Waals surface area contributed by atoms with Crippen LogP contribution in [0.3, 0.4) is 0 Å². The number of pyridine rings is 1. The zero-order valence-corrected chi connectivity index (χ0v) is 15.4. The first-order chi connectivity index (χ1) is 12.8. The average Bonchev–Trinajstić information content (AvgIpc) is 3.08. The molecule has 0 amide bonds. The Kier molecular flexibility index (Phi) is 5.08. The van der Waals surface area contributed by atoms with Crippen molar-refractivity contribution in [1.82, 2.24) is 15.2 Å². The van der Waals surface area contributed by atoms with Crippen LogP contribution in [0.5, 0.6) is 0 Å². The van der Waals surface area contributed by atoms with Gasteiger partial charge in [0.25, 0.3) is 0 Å². The Morgan fingerprint density at radius 1 is 1.04 bits per heavy atom. The van der Waals surface area contributed by atoms with Gasteiger partial charge >= 0.3 is 0 Å². The SMILES string of the molecule is Cc1cc(Nc2cc(Sc3ccccc3)cc(N3CCOCC3)n2)n[nH]1. The van der Waals surface area contributed by atoms with E-state index in [0.29, 0.717) is 0 Å². The Morgan fingerprint density at radius 2 is 1.85 bits per heavy atom. The highest BCUT2D eigenvalue weighted by Gasteiger charge is 2.15. The largest absolute Gasteiger partial charge is 0.378 e. The number of hydrogen-bond donors (Lipinski definition) is 2. The second-order valence-electron chi connectivity index (χ2n) is 6.12. The number of aromatic amines is 1. The Balaban J connectivity index is 1.64. The van der Waals surface area contributed by atoms with Gasteiger partial charge in [-0.2, -0.15) is 5.10 Å². The van der Waals surface area contributed by atoms with Crippen LogP contribution < -0.4 is 10.2 Å². The maximum Gasteiger partial charge on any atom is 0.153 e. The average molecular weight is 367 g/mol. The topological polar surface area (TPSA) is 66.1 Å². The summed E-state index contributed by atoms with van der Waals surface area (Å²) in [6, 6.07) is 16.5. The first-order valence-electron chi connectivity index (χ1n) is 8.63. The number of ether oxygens (including phenoxy) is 1. The van der Waals surface area contributed by atoms with Gasteiger partial charge in [-0.1, -0.05) is 30.0 Å². The monoisotopic (exact) mass is 367 g/mol. The standard InChI is InChI=1S/C19H21N5OS/c1-14-11-18(23-22-14)20-17-12-16(26-15-5-3-2-4-6-15)13-19(21-17)24-7-9-25-10-8-24/h2-6,11-13H,7-10H2,1H3,(H2,20,21,22,23). The summed E-state index contributed by atoms with van der Waals surface area (Å²) in [6.07, 6.45) is 0. The van der Waals surface area contributed by atoms with Crippen molar-refractivity contribution in [3.8, 4) is 0 Å². The van der Waals surface area contributed by atoms with Crippen LogP contribution in [0.25, 0.3) is 0 Å². The molecule has 0 radical (unpaired) electrons. The van der Waals surface area contributed by atoms with Gasteiger partial charge in [0, 0.05) is 34.6 Å². The zero-order chi connectivity index (χ0) is 17.8. The summed E-state index contributed by atoms with van der Waals surface area (Å²) >= 11 is 1.73. The Bertz CT molecular complexity index is 861. The third kappa shape index (κ3) is 4.17. The number of nitrogens with one attached hydrogen (secondary N) is 2. The molecule has 0 aliphatic carbocycles. The molecular weight excluding hydrogens is 346 g/mol. The van der Waals surface area contributed by atoms with Crippen LogP contribution in [0.1, 0.15) is 5.69 Å². The first-order valence-corrected chi connectivity index (χ1v) is 9.45. The number of aryl methyl sites for hydroxylation is 1. The van der Waals surface area contributed by atoms with E-state index in [-0.39, 0.29) is 0 Å². The molecule has 7 heteroatoms. The predicted molar refractivity (Wildman–Crippen MR) is 104 cm³/mol. The molecule has 4 rings (SSSR count). The van der Waals surface area contributed by atoms with E-state index < -0.39 is 0 Å². The van der Waals surface area contributed by atoms with Crippen molar-refractivity contribution in [3.05, 3.63) is 54.2 Å². The highest BCUT2D eigenvalue weighted by atomic mass is 32.2. The molecule has 3 aromatic rings. The molecule has 1 aliphatic rings. The molecule has 3 heterocycles. The van der Waals surface area contributed by atoms with Gasteiger partial charge in [0.05, 0.1) is 13.2 Å². The lowest BCUT2D eigenvalue weighted by Crippen LogP contribution is -2.36. The summed E-state index contributed by atoms with van der Waals surface area (Å²) in [7, 11) is 0. The molecule has 26 heavy (non-hydrogen) atoms. The number of morpholine rings is 1. The third-order valence-corrected chi connectivity index (χ3v) is 5.04. The number of nitrogens with zero attached hydrogens (tertiary/aromatic N) is 3. The quantitative estimate of drug-likeness (QED) is 0.714. The van der Waals surface area contributed by atoms with Gasteiger partial charge in [0.1, 0.15) is 11.6 Å². The van der Waals surface area contributed by atoms with Crippen molar-refractivity contribution in [2.45, 2.75) is 16.7 Å². The van der Waals surface area contributed by atoms with E-state index in [2.05, 4.69) is 56.8 Å². The Labute approximate surface area is 157 Å². The van der Waals surface area contributed by atoms with E-state index in [1.165, 1.54) is 4.90 Å². The summed E-state index contributed by atoms with van der Waals surface area (Å²) in [5.41, 5.74) is 1.01. The van der Waals surface area contributed by atoms with Crippen LogP contribution in [-0.2, 0) is 4.74 Å². The van der Waals surface area contributed by atoms with Gasteiger partial charge < -0.3 is 15.0 Å². The molecule has 1 saturated heterocycles. The molecule has 0 spiro atoms. The summed E-state index contributed by atoms with van der Waals surface area (Å²) in [5, 5.41) is 10.5. The van der Waals surface area contributed by atoms with Gasteiger partial charge in [-0.15, -0.1) is 0 Å². The minimum Gasteiger partial charge on any atom is -0.378 e. The van der Waals surface area contributed by atoms with Crippen LogP contribution >= 0.6 is 11.8 Å². The molecule has 2 aromatic heterocycles. The summed E-state index contributed by atoms with van der Waals surface area (Å²) in [5.74, 6) is 2.52. The highest BCUT2D eigenvalue weighted by molar-refractivity contribution is 7.99. The summed E-state index contributed by atoms with van der Waals surface area (Å²) in [4.78, 5) is 9.40. The molecule has 1 aromatic carbocycles. The highest BCUT2D eigenvalue weighted by Crippen LogP contribution is 2.32. The first kappa shape index (κ1) is 16.9. The fourth-order valence-electron chi connectivity index (χ4n) is 2.81. The number of rotatable bonds is 5. The van der Waals surface area contributed by atoms with Gasteiger partial charge in [-0.05, 0) is 31.2 Å². The van der Waals surface area contributed by atoms with Crippen LogP contribution in [0.15, 0.2) is 58.3 Å². The van der Waals surface area contributed by atoms with E-state index in [4.69, 9.17) is 9.72 Å². The molecule has 1 fully saturated rings. The molecule has 0 unspecified atom stereocenters. The minimum absolute atomic E-state index is 0.735. The molecule has 134 valence electrons. The van der Waals surface area contributed by atoms with Crippen LogP contribution in [0, 0.1) is 6.92 Å². The van der Waals surface area contributed by atoms with Crippen molar-refractivity contribution < 1.29 is 4.74 Å². The van der Waals surface area contributed by atoms with Gasteiger partial charge in [-0.3, -0.25) is 5.10 Å². The molecule has 0 saturated carbocycles. The van der Waals surface area contributed by atoms with Crippen molar-refractivity contribution in [2.75, 3.05) is 36.5 Å². The second-order valence-corrected chi connectivity index (χ2v) is 7.27. The lowest BCUT2D eigenvalue weighted by atomic mass is 10.3. The van der Waals surface area contributed by atoms with E-state index in [0.717, 1.165) is 54.3 Å². The van der Waals surface area contributed by atoms with Crippen molar-refractivity contribution in [1.29, 1.82) is 0 Å². The normalized spacial score (nSPS) is 14.4. The van der Waals surface area contributed by atoms with E-state index >= 15 is 0 Å². The molecule has 0 bridgehead atoms. The maximum absolute atomic E-state index is 5.47. The van der Waals surface area contributed by atoms with E-state index in [1.807, 2.05) is 19.1 Å². The van der Waals surface area contributed by atoms with Crippen LogP contribution in [0.2, 0.25) is 0 Å². The fraction of sp³-hybridized carbons (Fsp3) is 0.263. The maximum atomic E-state index is 5.47. The number of benzene rings is 1. The molecule has 6 nitrogen and oxygen atoms in total. The third-order valence-electron chi connectivity index (χ3n) is 4.06. The van der Waals surface area contributed by atoms with Crippen molar-refractivity contribution >= 4 is 29.2 Å². The van der Waals surface area contributed by atoms with Gasteiger partial charge in [-0.25, -0.2) is 4.98 Å². The number of aromatic nitrogens is 3. The Hall–Kier alpha value is -2.51. The number of hydrogen-bond acceptors (Lipinski definition) is 6. The number of H-pyrrole nitrogens is 1. The molecule has 0 atom stereocenters. The summed E-state index contributed by atoms with van der Waals surface area (Å²) in [6.45, 7) is 5.16. The lowest BCUT2D eigenvalue weighted by molar-refractivity contribution is 0.122. The second kappa shape index (κ2) is 7.80.